The normalized spacial score (nSPS) is 15.8. The minimum Gasteiger partial charge on any atom is -0.497 e. The molecule has 7 nitrogen and oxygen atoms in total. The Hall–Kier alpha value is -1.84. The highest BCUT2D eigenvalue weighted by Gasteiger charge is 2.30. The topological polar surface area (TPSA) is 79.0 Å². The van der Waals surface area contributed by atoms with Gasteiger partial charge >= 0.3 is 0 Å². The molecule has 10 heteroatoms. The van der Waals surface area contributed by atoms with Gasteiger partial charge in [-0.2, -0.15) is 4.31 Å². The lowest BCUT2D eigenvalue weighted by Crippen LogP contribution is -2.50. The van der Waals surface area contributed by atoms with Crippen LogP contribution in [-0.2, 0) is 14.8 Å². The summed E-state index contributed by atoms with van der Waals surface area (Å²) in [5.74, 6) is 0.546. The first kappa shape index (κ1) is 21.9. The molecular formula is C19H21Cl2N3O4S. The van der Waals surface area contributed by atoms with E-state index < -0.39 is 10.0 Å². The molecule has 1 N–H and O–H groups in total. The average Bonchev–Trinajstić information content (AvgIpc) is 2.70. The largest absolute Gasteiger partial charge is 0.497 e. The molecule has 0 radical (unpaired) electrons. The third-order valence-corrected chi connectivity index (χ3v) is 7.20. The van der Waals surface area contributed by atoms with E-state index in [0.717, 1.165) is 0 Å². The van der Waals surface area contributed by atoms with Gasteiger partial charge in [-0.3, -0.25) is 9.69 Å². The number of hydrogen-bond acceptors (Lipinski definition) is 5. The van der Waals surface area contributed by atoms with Crippen LogP contribution in [0.4, 0.5) is 5.69 Å². The molecule has 1 aliphatic heterocycles. The van der Waals surface area contributed by atoms with Crippen molar-refractivity contribution in [3.63, 3.8) is 0 Å². The Labute approximate surface area is 180 Å². The number of nitrogens with zero attached hydrogens (tertiary/aromatic N) is 2. The molecule has 156 valence electrons. The number of piperazine rings is 1. The van der Waals surface area contributed by atoms with Crippen LogP contribution in [0.15, 0.2) is 47.4 Å². The molecule has 2 aromatic carbocycles. The quantitative estimate of drug-likeness (QED) is 0.720. The van der Waals surface area contributed by atoms with Crippen LogP contribution in [0.2, 0.25) is 10.0 Å². The number of rotatable bonds is 6. The Morgan fingerprint density at radius 1 is 1.07 bits per heavy atom. The highest BCUT2D eigenvalue weighted by molar-refractivity contribution is 7.89. The zero-order chi connectivity index (χ0) is 21.0. The number of benzene rings is 2. The van der Waals surface area contributed by atoms with Crippen LogP contribution in [0.1, 0.15) is 0 Å². The number of ether oxygens (including phenoxy) is 1. The molecule has 0 aromatic heterocycles. The number of nitrogens with one attached hydrogen (secondary N) is 1. The molecule has 1 fully saturated rings. The van der Waals surface area contributed by atoms with Gasteiger partial charge in [0.25, 0.3) is 0 Å². The van der Waals surface area contributed by atoms with E-state index in [9.17, 15) is 13.2 Å². The molecule has 3 rings (SSSR count). The number of methoxy groups -OCH3 is 1. The van der Waals surface area contributed by atoms with Gasteiger partial charge in [-0.1, -0.05) is 23.2 Å². The van der Waals surface area contributed by atoms with Crippen LogP contribution in [0.25, 0.3) is 0 Å². The van der Waals surface area contributed by atoms with Gasteiger partial charge in [0.1, 0.15) is 10.6 Å². The van der Waals surface area contributed by atoms with E-state index in [1.807, 2.05) is 4.90 Å². The van der Waals surface area contributed by atoms with E-state index in [1.54, 1.807) is 37.4 Å². The number of halogens is 2. The predicted molar refractivity (Wildman–Crippen MR) is 113 cm³/mol. The average molecular weight is 458 g/mol. The van der Waals surface area contributed by atoms with E-state index in [-0.39, 0.29) is 35.5 Å². The molecule has 0 aliphatic carbocycles. The molecule has 0 unspecified atom stereocenters. The molecule has 2 aromatic rings. The van der Waals surface area contributed by atoms with Crippen LogP contribution >= 0.6 is 23.2 Å². The zero-order valence-electron chi connectivity index (χ0n) is 15.8. The summed E-state index contributed by atoms with van der Waals surface area (Å²) < 4.78 is 32.2. The molecule has 1 amide bonds. The highest BCUT2D eigenvalue weighted by Crippen LogP contribution is 2.28. The molecule has 29 heavy (non-hydrogen) atoms. The second-order valence-electron chi connectivity index (χ2n) is 6.53. The lowest BCUT2D eigenvalue weighted by atomic mass is 10.3. The molecule has 0 atom stereocenters. The van der Waals surface area contributed by atoms with Gasteiger partial charge in [0.05, 0.1) is 18.7 Å². The van der Waals surface area contributed by atoms with E-state index in [4.69, 9.17) is 27.9 Å². The lowest BCUT2D eigenvalue weighted by Gasteiger charge is -2.33. The molecule has 0 bridgehead atoms. The fraction of sp³-hybridized carbons (Fsp3) is 0.316. The number of carbonyl (C=O) groups excluding carboxylic acids is 1. The maximum absolute atomic E-state index is 12.9. The Morgan fingerprint density at radius 2 is 1.72 bits per heavy atom. The van der Waals surface area contributed by atoms with Crippen LogP contribution < -0.4 is 10.1 Å². The van der Waals surface area contributed by atoms with Crippen molar-refractivity contribution in [2.45, 2.75) is 4.90 Å². The molecule has 0 saturated carbocycles. The van der Waals surface area contributed by atoms with E-state index in [2.05, 4.69) is 5.32 Å². The van der Waals surface area contributed by atoms with Crippen LogP contribution in [-0.4, -0.2) is 63.4 Å². The molecule has 1 heterocycles. The SMILES string of the molecule is COc1ccc(NC(=O)CN2CCN(S(=O)(=O)c3cc(Cl)ccc3Cl)CC2)cc1. The Morgan fingerprint density at radius 3 is 2.34 bits per heavy atom. The van der Waals surface area contributed by atoms with Crippen molar-refractivity contribution in [1.82, 2.24) is 9.21 Å². The summed E-state index contributed by atoms with van der Waals surface area (Å²) in [5, 5.41) is 3.26. The number of carbonyl (C=O) groups is 1. The van der Waals surface area contributed by atoms with Gasteiger partial charge in [-0.25, -0.2) is 8.42 Å². The third kappa shape index (κ3) is 5.40. The standard InChI is InChI=1S/C19H21Cl2N3O4S/c1-28-16-5-3-15(4-6-16)22-19(25)13-23-8-10-24(11-9-23)29(26,27)18-12-14(20)2-7-17(18)21/h2-7,12H,8-11,13H2,1H3,(H,22,25). The highest BCUT2D eigenvalue weighted by atomic mass is 35.5. The first-order valence-corrected chi connectivity index (χ1v) is 11.1. The monoisotopic (exact) mass is 457 g/mol. The van der Waals surface area contributed by atoms with Crippen molar-refractivity contribution in [1.29, 1.82) is 0 Å². The number of sulfonamides is 1. The third-order valence-electron chi connectivity index (χ3n) is 4.58. The summed E-state index contributed by atoms with van der Waals surface area (Å²) in [5.41, 5.74) is 0.674. The van der Waals surface area contributed by atoms with Crippen LogP contribution in [0.5, 0.6) is 5.75 Å². The summed E-state index contributed by atoms with van der Waals surface area (Å²) in [6.45, 7) is 1.58. The smallest absolute Gasteiger partial charge is 0.244 e. The van der Waals surface area contributed by atoms with Gasteiger partial charge in [-0.05, 0) is 42.5 Å². The van der Waals surface area contributed by atoms with Crippen molar-refractivity contribution in [3.8, 4) is 5.75 Å². The Balaban J connectivity index is 1.55. The van der Waals surface area contributed by atoms with Gasteiger partial charge in [0.2, 0.25) is 15.9 Å². The fourth-order valence-corrected chi connectivity index (χ4v) is 5.18. The summed E-state index contributed by atoms with van der Waals surface area (Å²) in [6.07, 6.45) is 0. The zero-order valence-corrected chi connectivity index (χ0v) is 18.1. The number of amides is 1. The van der Waals surface area contributed by atoms with Crippen molar-refractivity contribution >= 4 is 44.8 Å². The summed E-state index contributed by atoms with van der Waals surface area (Å²) in [4.78, 5) is 14.2. The van der Waals surface area contributed by atoms with Gasteiger partial charge in [0, 0.05) is 36.9 Å². The maximum Gasteiger partial charge on any atom is 0.244 e. The summed E-state index contributed by atoms with van der Waals surface area (Å²) >= 11 is 12.0. The van der Waals surface area contributed by atoms with Gasteiger partial charge in [0.15, 0.2) is 0 Å². The first-order chi connectivity index (χ1) is 13.8. The van der Waals surface area contributed by atoms with Crippen molar-refractivity contribution in [3.05, 3.63) is 52.5 Å². The van der Waals surface area contributed by atoms with E-state index >= 15 is 0 Å². The Kier molecular flexibility index (Phi) is 7.02. The minimum atomic E-state index is -3.74. The van der Waals surface area contributed by atoms with Crippen molar-refractivity contribution < 1.29 is 17.9 Å². The molecule has 0 spiro atoms. The lowest BCUT2D eigenvalue weighted by molar-refractivity contribution is -0.117. The van der Waals surface area contributed by atoms with E-state index in [0.29, 0.717) is 29.5 Å². The molecule has 1 saturated heterocycles. The fourth-order valence-electron chi connectivity index (χ4n) is 3.02. The predicted octanol–water partition coefficient (Wildman–Crippen LogP) is 2.95. The maximum atomic E-state index is 12.9. The van der Waals surface area contributed by atoms with Crippen LogP contribution in [0, 0.1) is 0 Å². The van der Waals surface area contributed by atoms with Crippen molar-refractivity contribution in [2.24, 2.45) is 0 Å². The van der Waals surface area contributed by atoms with Gasteiger partial charge in [-0.15, -0.1) is 0 Å². The number of hydrogen-bond donors (Lipinski definition) is 1. The second kappa shape index (κ2) is 9.32. The van der Waals surface area contributed by atoms with Gasteiger partial charge < -0.3 is 10.1 Å². The molecule has 1 aliphatic rings. The van der Waals surface area contributed by atoms with E-state index in [1.165, 1.54) is 16.4 Å². The van der Waals surface area contributed by atoms with Crippen molar-refractivity contribution in [2.75, 3.05) is 45.2 Å². The first-order valence-electron chi connectivity index (χ1n) is 8.91. The summed E-state index contributed by atoms with van der Waals surface area (Å²) in [7, 11) is -2.17. The summed E-state index contributed by atoms with van der Waals surface area (Å²) in [6, 6.07) is 11.4. The minimum absolute atomic E-state index is 0.00244. The van der Waals surface area contributed by atoms with Crippen LogP contribution in [0.3, 0.4) is 0 Å². The Bertz CT molecular complexity index is 975. The second-order valence-corrected chi connectivity index (χ2v) is 9.28. The number of anilines is 1. The molecular weight excluding hydrogens is 437 g/mol.